The Hall–Kier alpha value is -2.15. The Morgan fingerprint density at radius 2 is 2.26 bits per heavy atom. The lowest BCUT2D eigenvalue weighted by Crippen LogP contribution is -2.48. The molecule has 3 heterocycles. The molecule has 7 heteroatoms. The summed E-state index contributed by atoms with van der Waals surface area (Å²) in [7, 11) is 0. The summed E-state index contributed by atoms with van der Waals surface area (Å²) in [6, 6.07) is 3.01. The number of aromatic nitrogens is 1. The van der Waals surface area contributed by atoms with E-state index < -0.39 is 12.0 Å². The summed E-state index contributed by atoms with van der Waals surface area (Å²) in [5, 5.41) is 11.8. The van der Waals surface area contributed by atoms with Gasteiger partial charge in [-0.1, -0.05) is 0 Å². The van der Waals surface area contributed by atoms with Crippen LogP contribution >= 0.6 is 11.3 Å². The highest BCUT2D eigenvalue weighted by Gasteiger charge is 2.32. The second kappa shape index (κ2) is 6.54. The number of aryl methyl sites for hydroxylation is 1. The van der Waals surface area contributed by atoms with E-state index in [2.05, 4.69) is 4.98 Å². The Morgan fingerprint density at radius 1 is 1.43 bits per heavy atom. The topological polar surface area (TPSA) is 83.6 Å². The van der Waals surface area contributed by atoms with E-state index in [1.807, 2.05) is 24.4 Å². The third-order valence-corrected chi connectivity index (χ3v) is 4.85. The Bertz CT molecular complexity index is 721. The molecule has 0 bridgehead atoms. The van der Waals surface area contributed by atoms with Crippen molar-refractivity contribution in [2.75, 3.05) is 6.54 Å². The molecule has 1 fully saturated rings. The summed E-state index contributed by atoms with van der Waals surface area (Å²) in [6.07, 6.45) is 2.35. The number of carboxylic acids is 1. The molecular formula is C16H18N2O4S. The van der Waals surface area contributed by atoms with Gasteiger partial charge in [-0.3, -0.25) is 4.79 Å². The molecule has 23 heavy (non-hydrogen) atoms. The molecule has 2 aromatic heterocycles. The number of carbonyl (C=O) groups is 2. The predicted molar refractivity (Wildman–Crippen MR) is 85.2 cm³/mol. The van der Waals surface area contributed by atoms with Crippen molar-refractivity contribution in [1.82, 2.24) is 9.88 Å². The Morgan fingerprint density at radius 3 is 2.96 bits per heavy atom. The number of aliphatic carboxylic acids is 1. The summed E-state index contributed by atoms with van der Waals surface area (Å²) in [5.41, 5.74) is 0.652. The first-order valence-electron chi connectivity index (χ1n) is 7.58. The number of nitrogens with zero attached hydrogens (tertiary/aromatic N) is 2. The number of thiazole rings is 1. The molecule has 1 saturated heterocycles. The molecule has 1 aliphatic heterocycles. The number of hydrogen-bond acceptors (Lipinski definition) is 5. The van der Waals surface area contributed by atoms with Crippen LogP contribution in [-0.2, 0) is 16.0 Å². The van der Waals surface area contributed by atoms with Crippen molar-refractivity contribution in [2.24, 2.45) is 0 Å². The van der Waals surface area contributed by atoms with Gasteiger partial charge in [0.2, 0.25) is 5.91 Å². The highest BCUT2D eigenvalue weighted by Crippen LogP contribution is 2.26. The zero-order chi connectivity index (χ0) is 16.4. The van der Waals surface area contributed by atoms with Gasteiger partial charge < -0.3 is 14.4 Å². The normalized spacial score (nSPS) is 18.1. The highest BCUT2D eigenvalue weighted by atomic mass is 32.1. The third-order valence-electron chi connectivity index (χ3n) is 3.94. The fraction of sp³-hybridized carbons (Fsp3) is 0.438. The number of carboxylic acid groups (broad SMARTS) is 1. The maximum atomic E-state index is 12.4. The quantitative estimate of drug-likeness (QED) is 0.929. The zero-order valence-electron chi connectivity index (χ0n) is 12.8. The average Bonchev–Trinajstić information content (AvgIpc) is 3.16. The average molecular weight is 334 g/mol. The van der Waals surface area contributed by atoms with Gasteiger partial charge in [0.25, 0.3) is 0 Å². The fourth-order valence-corrected chi connectivity index (χ4v) is 3.57. The molecule has 1 aliphatic rings. The summed E-state index contributed by atoms with van der Waals surface area (Å²) < 4.78 is 5.53. The monoisotopic (exact) mass is 334 g/mol. The second-order valence-electron chi connectivity index (χ2n) is 5.67. The van der Waals surface area contributed by atoms with Gasteiger partial charge in [0, 0.05) is 11.9 Å². The first kappa shape index (κ1) is 15.7. The molecular weight excluding hydrogens is 316 g/mol. The number of hydrogen-bond donors (Lipinski definition) is 1. The van der Waals surface area contributed by atoms with E-state index in [1.54, 1.807) is 0 Å². The first-order valence-corrected chi connectivity index (χ1v) is 8.46. The van der Waals surface area contributed by atoms with Crippen molar-refractivity contribution in [3.05, 3.63) is 29.0 Å². The van der Waals surface area contributed by atoms with Gasteiger partial charge in [0.1, 0.15) is 11.8 Å². The van der Waals surface area contributed by atoms with Crippen molar-refractivity contribution in [3.8, 4) is 10.8 Å². The highest BCUT2D eigenvalue weighted by molar-refractivity contribution is 7.13. The molecule has 2 aromatic rings. The van der Waals surface area contributed by atoms with E-state index in [9.17, 15) is 14.7 Å². The van der Waals surface area contributed by atoms with Crippen LogP contribution in [0.25, 0.3) is 10.8 Å². The van der Waals surface area contributed by atoms with Crippen LogP contribution in [0.1, 0.15) is 30.7 Å². The molecule has 0 aliphatic carbocycles. The van der Waals surface area contributed by atoms with Gasteiger partial charge in [0.05, 0.1) is 12.1 Å². The summed E-state index contributed by atoms with van der Waals surface area (Å²) in [5.74, 6) is 0.394. The maximum absolute atomic E-state index is 12.4. The summed E-state index contributed by atoms with van der Waals surface area (Å²) in [6.45, 7) is 2.37. The fourth-order valence-electron chi connectivity index (χ4n) is 2.79. The van der Waals surface area contributed by atoms with Crippen LogP contribution in [0.4, 0.5) is 0 Å². The van der Waals surface area contributed by atoms with Crippen LogP contribution in [0.3, 0.4) is 0 Å². The molecule has 122 valence electrons. The standard InChI is InChI=1S/C16H18N2O4S/c1-10-5-6-13(22-10)15-17-11(9-23-15)8-14(19)18-7-3-2-4-12(18)16(20)21/h5-6,9,12H,2-4,7-8H2,1H3,(H,20,21)/t12-/m1/s1. The van der Waals surface area contributed by atoms with Crippen LogP contribution in [0.2, 0.25) is 0 Å². The van der Waals surface area contributed by atoms with Crippen molar-refractivity contribution >= 4 is 23.2 Å². The van der Waals surface area contributed by atoms with Gasteiger partial charge >= 0.3 is 5.97 Å². The first-order chi connectivity index (χ1) is 11.0. The van der Waals surface area contributed by atoms with Gasteiger partial charge in [-0.15, -0.1) is 11.3 Å². The van der Waals surface area contributed by atoms with Crippen LogP contribution in [0, 0.1) is 6.92 Å². The van der Waals surface area contributed by atoms with Gasteiger partial charge in [-0.25, -0.2) is 9.78 Å². The zero-order valence-corrected chi connectivity index (χ0v) is 13.6. The van der Waals surface area contributed by atoms with Crippen molar-refractivity contribution in [2.45, 2.75) is 38.6 Å². The van der Waals surface area contributed by atoms with Crippen molar-refractivity contribution in [3.63, 3.8) is 0 Å². The summed E-state index contributed by atoms with van der Waals surface area (Å²) in [4.78, 5) is 29.6. The molecule has 0 unspecified atom stereocenters. The predicted octanol–water partition coefficient (Wildman–Crippen LogP) is 2.72. The number of likely N-dealkylation sites (tertiary alicyclic amines) is 1. The van der Waals surface area contributed by atoms with Gasteiger partial charge in [0.15, 0.2) is 10.8 Å². The largest absolute Gasteiger partial charge is 0.480 e. The molecule has 1 atom stereocenters. The molecule has 6 nitrogen and oxygen atoms in total. The van der Waals surface area contributed by atoms with Crippen LogP contribution in [0.5, 0.6) is 0 Å². The molecule has 0 saturated carbocycles. The van der Waals surface area contributed by atoms with Crippen molar-refractivity contribution < 1.29 is 19.1 Å². The third kappa shape index (κ3) is 3.44. The number of amides is 1. The SMILES string of the molecule is Cc1ccc(-c2nc(CC(=O)N3CCCC[C@@H]3C(=O)O)cs2)o1. The Balaban J connectivity index is 1.70. The van der Waals surface area contributed by atoms with E-state index in [4.69, 9.17) is 4.42 Å². The number of carbonyl (C=O) groups excluding carboxylic acids is 1. The smallest absolute Gasteiger partial charge is 0.326 e. The van der Waals surface area contributed by atoms with E-state index in [0.717, 1.165) is 23.6 Å². The van der Waals surface area contributed by atoms with Crippen LogP contribution in [-0.4, -0.2) is 39.5 Å². The number of furan rings is 1. The van der Waals surface area contributed by atoms with E-state index >= 15 is 0 Å². The number of piperidine rings is 1. The van der Waals surface area contributed by atoms with E-state index in [-0.39, 0.29) is 12.3 Å². The summed E-state index contributed by atoms with van der Waals surface area (Å²) >= 11 is 1.42. The maximum Gasteiger partial charge on any atom is 0.326 e. The molecule has 1 amide bonds. The minimum atomic E-state index is -0.928. The van der Waals surface area contributed by atoms with E-state index in [0.29, 0.717) is 24.4 Å². The van der Waals surface area contributed by atoms with Crippen molar-refractivity contribution in [1.29, 1.82) is 0 Å². The van der Waals surface area contributed by atoms with Crippen LogP contribution in [0.15, 0.2) is 21.9 Å². The lowest BCUT2D eigenvalue weighted by molar-refractivity contribution is -0.151. The lowest BCUT2D eigenvalue weighted by atomic mass is 10.0. The second-order valence-corrected chi connectivity index (χ2v) is 6.53. The molecule has 0 radical (unpaired) electrons. The minimum Gasteiger partial charge on any atom is -0.480 e. The van der Waals surface area contributed by atoms with Gasteiger partial charge in [-0.05, 0) is 38.3 Å². The van der Waals surface area contributed by atoms with Crippen LogP contribution < -0.4 is 0 Å². The van der Waals surface area contributed by atoms with Gasteiger partial charge in [-0.2, -0.15) is 0 Å². The number of rotatable bonds is 4. The Labute approximate surface area is 137 Å². The molecule has 0 aromatic carbocycles. The molecule has 1 N–H and O–H groups in total. The Kier molecular flexibility index (Phi) is 4.47. The molecule has 0 spiro atoms. The molecule has 3 rings (SSSR count). The minimum absolute atomic E-state index is 0.125. The lowest BCUT2D eigenvalue weighted by Gasteiger charge is -2.32. The van der Waals surface area contributed by atoms with E-state index in [1.165, 1.54) is 16.2 Å².